The maximum absolute atomic E-state index is 12.1. The van der Waals surface area contributed by atoms with Gasteiger partial charge >= 0.3 is 0 Å². The quantitative estimate of drug-likeness (QED) is 0.804. The number of pyridine rings is 1. The normalized spacial score (nSPS) is 15.8. The summed E-state index contributed by atoms with van der Waals surface area (Å²) in [4.78, 5) is 21.6. The van der Waals surface area contributed by atoms with E-state index < -0.39 is 0 Å². The van der Waals surface area contributed by atoms with Crippen LogP contribution in [0.4, 0.5) is 10.9 Å². The van der Waals surface area contributed by atoms with E-state index in [9.17, 15) is 4.79 Å². The fourth-order valence-electron chi connectivity index (χ4n) is 2.38. The zero-order valence-electron chi connectivity index (χ0n) is 11.5. The minimum Gasteiger partial charge on any atom is -0.384 e. The Balaban J connectivity index is 1.68. The lowest BCUT2D eigenvalue weighted by Gasteiger charge is -2.20. The van der Waals surface area contributed by atoms with E-state index in [1.165, 1.54) is 16.2 Å². The molecule has 0 spiro atoms. The molecule has 0 radical (unpaired) electrons. The van der Waals surface area contributed by atoms with Crippen LogP contribution in [-0.2, 0) is 0 Å². The average Bonchev–Trinajstić information content (AvgIpc) is 2.97. The number of carbonyl (C=O) groups excluding carboxylic acids is 1. The van der Waals surface area contributed by atoms with Gasteiger partial charge in [-0.25, -0.2) is 9.97 Å². The Bertz CT molecular complexity index is 636. The van der Waals surface area contributed by atoms with Gasteiger partial charge in [-0.05, 0) is 44.0 Å². The third kappa shape index (κ3) is 3.37. The molecule has 0 aromatic carbocycles. The van der Waals surface area contributed by atoms with Gasteiger partial charge < -0.3 is 11.1 Å². The molecular formula is C14H17N5OS. The minimum atomic E-state index is -0.284. The lowest BCUT2D eigenvalue weighted by atomic mass is 9.97. The van der Waals surface area contributed by atoms with Gasteiger partial charge in [-0.2, -0.15) is 0 Å². The fourth-order valence-corrected chi connectivity index (χ4v) is 3.36. The van der Waals surface area contributed by atoms with E-state index in [-0.39, 0.29) is 5.91 Å². The highest BCUT2D eigenvalue weighted by Gasteiger charge is 2.18. The highest BCUT2D eigenvalue weighted by Crippen LogP contribution is 2.31. The molecule has 4 N–H and O–H groups in total. The molecule has 1 aliphatic heterocycles. The Morgan fingerprint density at radius 2 is 2.19 bits per heavy atom. The third-order valence-corrected chi connectivity index (χ3v) is 4.56. The van der Waals surface area contributed by atoms with Crippen LogP contribution in [0.2, 0.25) is 0 Å². The van der Waals surface area contributed by atoms with Crippen molar-refractivity contribution in [1.29, 1.82) is 0 Å². The predicted octanol–water partition coefficient (Wildman–Crippen LogP) is 1.84. The van der Waals surface area contributed by atoms with E-state index in [0.717, 1.165) is 25.9 Å². The van der Waals surface area contributed by atoms with Crippen molar-refractivity contribution in [3.63, 3.8) is 0 Å². The Hall–Kier alpha value is -1.99. The van der Waals surface area contributed by atoms with Gasteiger partial charge in [0.25, 0.3) is 5.91 Å². The monoisotopic (exact) mass is 303 g/mol. The van der Waals surface area contributed by atoms with Crippen molar-refractivity contribution >= 4 is 28.2 Å². The van der Waals surface area contributed by atoms with Gasteiger partial charge in [0.2, 0.25) is 0 Å². The van der Waals surface area contributed by atoms with Crippen LogP contribution in [0.25, 0.3) is 0 Å². The summed E-state index contributed by atoms with van der Waals surface area (Å²) in [5.41, 5.74) is 5.88. The summed E-state index contributed by atoms with van der Waals surface area (Å²) >= 11 is 1.54. The molecule has 0 saturated carbocycles. The molecule has 1 amide bonds. The molecule has 0 aliphatic carbocycles. The number of nitrogens with two attached hydrogens (primary N) is 1. The van der Waals surface area contributed by atoms with Gasteiger partial charge in [-0.3, -0.25) is 10.1 Å². The highest BCUT2D eigenvalue weighted by atomic mass is 32.1. The number of piperidine rings is 1. The number of aromatic nitrogens is 2. The number of nitrogens with one attached hydrogen (secondary N) is 2. The second kappa shape index (κ2) is 6.19. The maximum Gasteiger partial charge on any atom is 0.276 e. The second-order valence-corrected chi connectivity index (χ2v) is 6.06. The van der Waals surface area contributed by atoms with Crippen LogP contribution in [0, 0.1) is 0 Å². The number of carbonyl (C=O) groups is 1. The molecule has 7 heteroatoms. The molecule has 1 aliphatic rings. The second-order valence-electron chi connectivity index (χ2n) is 4.99. The third-order valence-electron chi connectivity index (χ3n) is 3.49. The zero-order chi connectivity index (χ0) is 14.7. The predicted molar refractivity (Wildman–Crippen MR) is 83.6 cm³/mol. The van der Waals surface area contributed by atoms with Crippen LogP contribution in [0.1, 0.15) is 34.1 Å². The molecule has 0 bridgehead atoms. The van der Waals surface area contributed by atoms with E-state index in [2.05, 4.69) is 20.6 Å². The number of amides is 1. The summed E-state index contributed by atoms with van der Waals surface area (Å²) in [5, 5.41) is 6.73. The SMILES string of the molecule is Nc1cccc(C(=O)Nc2ncc(C3CCNCC3)s2)n1. The molecule has 2 aromatic heterocycles. The number of hydrogen-bond acceptors (Lipinski definition) is 6. The van der Waals surface area contributed by atoms with Gasteiger partial charge in [-0.1, -0.05) is 6.07 Å². The number of thiazole rings is 1. The van der Waals surface area contributed by atoms with E-state index in [4.69, 9.17) is 5.73 Å². The van der Waals surface area contributed by atoms with Crippen LogP contribution in [0.3, 0.4) is 0 Å². The van der Waals surface area contributed by atoms with Crippen molar-refractivity contribution in [3.8, 4) is 0 Å². The lowest BCUT2D eigenvalue weighted by molar-refractivity contribution is 0.102. The molecule has 21 heavy (non-hydrogen) atoms. The number of anilines is 2. The lowest BCUT2D eigenvalue weighted by Crippen LogP contribution is -2.26. The molecule has 2 aromatic rings. The summed E-state index contributed by atoms with van der Waals surface area (Å²) < 4.78 is 0. The first kappa shape index (κ1) is 14.0. The molecule has 110 valence electrons. The fraction of sp³-hybridized carbons (Fsp3) is 0.357. The van der Waals surface area contributed by atoms with Crippen molar-refractivity contribution in [2.75, 3.05) is 24.1 Å². The van der Waals surface area contributed by atoms with Crippen LogP contribution in [-0.4, -0.2) is 29.0 Å². The summed E-state index contributed by atoms with van der Waals surface area (Å²) in [6.07, 6.45) is 4.10. The molecule has 0 unspecified atom stereocenters. The molecule has 0 atom stereocenters. The van der Waals surface area contributed by atoms with Gasteiger partial charge in [0, 0.05) is 11.1 Å². The van der Waals surface area contributed by atoms with Gasteiger partial charge in [0.1, 0.15) is 11.5 Å². The van der Waals surface area contributed by atoms with E-state index in [1.54, 1.807) is 18.2 Å². The van der Waals surface area contributed by atoms with Gasteiger partial charge in [0.05, 0.1) is 0 Å². The molecule has 3 heterocycles. The number of rotatable bonds is 3. The van der Waals surface area contributed by atoms with Crippen LogP contribution in [0.5, 0.6) is 0 Å². The average molecular weight is 303 g/mol. The first-order valence-corrected chi connectivity index (χ1v) is 7.74. The minimum absolute atomic E-state index is 0.284. The number of nitrogens with zero attached hydrogens (tertiary/aromatic N) is 2. The van der Waals surface area contributed by atoms with Crippen molar-refractivity contribution < 1.29 is 4.79 Å². The first-order valence-electron chi connectivity index (χ1n) is 6.93. The van der Waals surface area contributed by atoms with Crippen molar-refractivity contribution in [2.45, 2.75) is 18.8 Å². The summed E-state index contributed by atoms with van der Waals surface area (Å²) in [7, 11) is 0. The Kier molecular flexibility index (Phi) is 4.12. The molecule has 1 saturated heterocycles. The molecule has 3 rings (SSSR count). The van der Waals surface area contributed by atoms with Gasteiger partial charge in [0.15, 0.2) is 5.13 Å². The smallest absolute Gasteiger partial charge is 0.276 e. The zero-order valence-corrected chi connectivity index (χ0v) is 12.3. The molecule has 6 nitrogen and oxygen atoms in total. The summed E-state index contributed by atoms with van der Waals surface area (Å²) in [6.45, 7) is 2.08. The Labute approximate surface area is 126 Å². The van der Waals surface area contributed by atoms with Crippen LogP contribution >= 0.6 is 11.3 Å². The summed E-state index contributed by atoms with van der Waals surface area (Å²) in [6, 6.07) is 4.99. The standard InChI is InChI=1S/C14H17N5OS/c15-12-3-1-2-10(18-12)13(20)19-14-17-8-11(21-14)9-4-6-16-7-5-9/h1-3,8-9,16H,4-7H2,(H2,15,18)(H,17,19,20). The Morgan fingerprint density at radius 1 is 1.38 bits per heavy atom. The van der Waals surface area contributed by atoms with Crippen LogP contribution < -0.4 is 16.4 Å². The summed E-state index contributed by atoms with van der Waals surface area (Å²) in [5.74, 6) is 0.589. The first-order chi connectivity index (χ1) is 10.2. The topological polar surface area (TPSA) is 92.9 Å². The van der Waals surface area contributed by atoms with Crippen molar-refractivity contribution in [2.24, 2.45) is 0 Å². The van der Waals surface area contributed by atoms with E-state index in [1.807, 2.05) is 6.20 Å². The van der Waals surface area contributed by atoms with Crippen LogP contribution in [0.15, 0.2) is 24.4 Å². The largest absolute Gasteiger partial charge is 0.384 e. The number of nitrogen functional groups attached to an aromatic ring is 1. The Morgan fingerprint density at radius 3 is 2.95 bits per heavy atom. The van der Waals surface area contributed by atoms with Gasteiger partial charge in [-0.15, -0.1) is 11.3 Å². The molecule has 1 fully saturated rings. The maximum atomic E-state index is 12.1. The van der Waals surface area contributed by atoms with E-state index >= 15 is 0 Å². The van der Waals surface area contributed by atoms with Crippen molar-refractivity contribution in [3.05, 3.63) is 35.0 Å². The van der Waals surface area contributed by atoms with E-state index in [0.29, 0.717) is 22.6 Å². The highest BCUT2D eigenvalue weighted by molar-refractivity contribution is 7.15. The molecular weight excluding hydrogens is 286 g/mol. The van der Waals surface area contributed by atoms with Crippen molar-refractivity contribution in [1.82, 2.24) is 15.3 Å². The number of hydrogen-bond donors (Lipinski definition) is 3.